The van der Waals surface area contributed by atoms with Crippen molar-refractivity contribution in [2.24, 2.45) is 12.5 Å². The van der Waals surface area contributed by atoms with E-state index in [4.69, 9.17) is 0 Å². The van der Waals surface area contributed by atoms with E-state index in [2.05, 4.69) is 23.4 Å². The lowest BCUT2D eigenvalue weighted by Crippen LogP contribution is -2.35. The van der Waals surface area contributed by atoms with Gasteiger partial charge in [0.1, 0.15) is 0 Å². The predicted molar refractivity (Wildman–Crippen MR) is 72.3 cm³/mol. The van der Waals surface area contributed by atoms with Crippen LogP contribution >= 0.6 is 0 Å². The average Bonchev–Trinajstić information content (AvgIpc) is 2.98. The average molecular weight is 251 g/mol. The minimum Gasteiger partial charge on any atom is -0.396 e. The normalized spacial score (nSPS) is 18.4. The summed E-state index contributed by atoms with van der Waals surface area (Å²) in [7, 11) is 1.99. The van der Waals surface area contributed by atoms with Gasteiger partial charge in [0, 0.05) is 32.2 Å². The summed E-state index contributed by atoms with van der Waals surface area (Å²) >= 11 is 0. The molecule has 0 radical (unpaired) electrons. The zero-order valence-corrected chi connectivity index (χ0v) is 11.6. The van der Waals surface area contributed by atoms with Gasteiger partial charge in [-0.3, -0.25) is 4.68 Å². The highest BCUT2D eigenvalue weighted by molar-refractivity contribution is 5.10. The van der Waals surface area contributed by atoms with Crippen LogP contribution in [0.3, 0.4) is 0 Å². The van der Waals surface area contributed by atoms with Gasteiger partial charge < -0.3 is 10.4 Å². The van der Waals surface area contributed by atoms with Crippen molar-refractivity contribution in [1.29, 1.82) is 0 Å². The highest BCUT2D eigenvalue weighted by Crippen LogP contribution is 2.36. The Morgan fingerprint density at radius 3 is 2.72 bits per heavy atom. The molecule has 0 atom stereocenters. The molecule has 4 nitrogen and oxygen atoms in total. The van der Waals surface area contributed by atoms with Crippen molar-refractivity contribution in [2.75, 3.05) is 13.2 Å². The van der Waals surface area contributed by atoms with Crippen LogP contribution in [0.5, 0.6) is 0 Å². The molecule has 0 aliphatic heterocycles. The van der Waals surface area contributed by atoms with Crippen molar-refractivity contribution in [1.82, 2.24) is 15.1 Å². The van der Waals surface area contributed by atoms with Crippen LogP contribution in [0, 0.1) is 5.41 Å². The Morgan fingerprint density at radius 2 is 2.17 bits per heavy atom. The molecule has 1 aromatic heterocycles. The highest BCUT2D eigenvalue weighted by Gasteiger charge is 2.32. The maximum atomic E-state index is 9.55. The molecule has 0 bridgehead atoms. The van der Waals surface area contributed by atoms with Crippen LogP contribution < -0.4 is 5.32 Å². The monoisotopic (exact) mass is 251 g/mol. The van der Waals surface area contributed by atoms with E-state index in [0.717, 1.165) is 38.0 Å². The maximum Gasteiger partial charge on any atom is 0.0625 e. The maximum absolute atomic E-state index is 9.55. The summed E-state index contributed by atoms with van der Waals surface area (Å²) < 4.78 is 1.95. The van der Waals surface area contributed by atoms with Gasteiger partial charge in [-0.1, -0.05) is 19.8 Å². The first-order valence-corrected chi connectivity index (χ1v) is 7.02. The number of aliphatic hydroxyl groups excluding tert-OH is 1. The van der Waals surface area contributed by atoms with Crippen LogP contribution in [0.15, 0.2) is 6.07 Å². The smallest absolute Gasteiger partial charge is 0.0625 e. The molecule has 2 N–H and O–H groups in total. The summed E-state index contributed by atoms with van der Waals surface area (Å²) in [6.45, 7) is 4.19. The number of aryl methyl sites for hydroxylation is 2. The summed E-state index contributed by atoms with van der Waals surface area (Å²) in [5.41, 5.74) is 2.50. The molecule has 1 heterocycles. The third-order valence-corrected chi connectivity index (χ3v) is 4.20. The SMILES string of the molecule is CCc1cc(CNCC2(CO)CCCC2)n(C)n1. The molecule has 1 aromatic rings. The minimum absolute atomic E-state index is 0.131. The molecule has 18 heavy (non-hydrogen) atoms. The summed E-state index contributed by atoms with van der Waals surface area (Å²) in [5.74, 6) is 0. The van der Waals surface area contributed by atoms with Crippen LogP contribution in [0.2, 0.25) is 0 Å². The molecule has 2 rings (SSSR count). The van der Waals surface area contributed by atoms with Gasteiger partial charge >= 0.3 is 0 Å². The minimum atomic E-state index is 0.131. The van der Waals surface area contributed by atoms with E-state index in [1.165, 1.54) is 18.5 Å². The van der Waals surface area contributed by atoms with Gasteiger partial charge in [-0.15, -0.1) is 0 Å². The molecule has 4 heteroatoms. The van der Waals surface area contributed by atoms with Crippen LogP contribution in [0.1, 0.15) is 44.0 Å². The van der Waals surface area contributed by atoms with E-state index in [1.807, 2.05) is 11.7 Å². The van der Waals surface area contributed by atoms with Gasteiger partial charge in [0.2, 0.25) is 0 Å². The zero-order chi connectivity index (χ0) is 13.0. The molecule has 1 aliphatic rings. The summed E-state index contributed by atoms with van der Waals surface area (Å²) in [6.07, 6.45) is 5.81. The number of hydrogen-bond acceptors (Lipinski definition) is 3. The Morgan fingerprint density at radius 1 is 1.44 bits per heavy atom. The van der Waals surface area contributed by atoms with Crippen molar-refractivity contribution in [3.8, 4) is 0 Å². The number of nitrogens with one attached hydrogen (secondary N) is 1. The summed E-state index contributed by atoms with van der Waals surface area (Å²) in [5, 5.41) is 17.5. The molecule has 1 aliphatic carbocycles. The first-order chi connectivity index (χ1) is 8.69. The highest BCUT2D eigenvalue weighted by atomic mass is 16.3. The number of hydrogen-bond donors (Lipinski definition) is 2. The number of rotatable bonds is 6. The van der Waals surface area contributed by atoms with Gasteiger partial charge in [0.05, 0.1) is 11.4 Å². The molecule has 0 saturated heterocycles. The largest absolute Gasteiger partial charge is 0.396 e. The fourth-order valence-electron chi connectivity index (χ4n) is 2.88. The number of aromatic nitrogens is 2. The predicted octanol–water partition coefficient (Wildman–Crippen LogP) is 1.62. The van der Waals surface area contributed by atoms with E-state index in [9.17, 15) is 5.11 Å². The molecule has 1 fully saturated rings. The third kappa shape index (κ3) is 2.93. The van der Waals surface area contributed by atoms with E-state index in [-0.39, 0.29) is 5.41 Å². The van der Waals surface area contributed by atoms with Crippen LogP contribution in [-0.4, -0.2) is 28.0 Å². The molecular formula is C14H25N3O. The van der Waals surface area contributed by atoms with Crippen molar-refractivity contribution in [3.63, 3.8) is 0 Å². The van der Waals surface area contributed by atoms with Crippen molar-refractivity contribution < 1.29 is 5.11 Å². The fourth-order valence-corrected chi connectivity index (χ4v) is 2.88. The Kier molecular flexibility index (Phi) is 4.40. The van der Waals surface area contributed by atoms with Gasteiger partial charge in [-0.2, -0.15) is 5.10 Å². The molecular weight excluding hydrogens is 226 g/mol. The van der Waals surface area contributed by atoms with E-state index >= 15 is 0 Å². The third-order valence-electron chi connectivity index (χ3n) is 4.20. The second kappa shape index (κ2) is 5.85. The van der Waals surface area contributed by atoms with Crippen LogP contribution in [0.25, 0.3) is 0 Å². The number of nitrogens with zero attached hydrogens (tertiary/aromatic N) is 2. The van der Waals surface area contributed by atoms with Crippen molar-refractivity contribution >= 4 is 0 Å². The van der Waals surface area contributed by atoms with E-state index < -0.39 is 0 Å². The second-order valence-corrected chi connectivity index (χ2v) is 5.57. The molecule has 0 spiro atoms. The molecule has 0 unspecified atom stereocenters. The molecule has 0 amide bonds. The van der Waals surface area contributed by atoms with Crippen molar-refractivity contribution in [2.45, 2.75) is 45.6 Å². The Hall–Kier alpha value is -0.870. The van der Waals surface area contributed by atoms with Crippen LogP contribution in [-0.2, 0) is 20.0 Å². The summed E-state index contributed by atoms with van der Waals surface area (Å²) in [4.78, 5) is 0. The fraction of sp³-hybridized carbons (Fsp3) is 0.786. The summed E-state index contributed by atoms with van der Waals surface area (Å²) in [6, 6.07) is 2.16. The second-order valence-electron chi connectivity index (χ2n) is 5.57. The van der Waals surface area contributed by atoms with Crippen molar-refractivity contribution in [3.05, 3.63) is 17.5 Å². The van der Waals surface area contributed by atoms with Gasteiger partial charge in [-0.05, 0) is 25.3 Å². The molecule has 1 saturated carbocycles. The first kappa shape index (κ1) is 13.6. The van der Waals surface area contributed by atoms with E-state index in [1.54, 1.807) is 0 Å². The lowest BCUT2D eigenvalue weighted by molar-refractivity contribution is 0.128. The number of aliphatic hydroxyl groups is 1. The van der Waals surface area contributed by atoms with Crippen LogP contribution in [0.4, 0.5) is 0 Å². The molecule has 0 aromatic carbocycles. The lowest BCUT2D eigenvalue weighted by atomic mass is 9.87. The Labute approximate surface area is 109 Å². The first-order valence-electron chi connectivity index (χ1n) is 7.02. The zero-order valence-electron chi connectivity index (χ0n) is 11.6. The lowest BCUT2D eigenvalue weighted by Gasteiger charge is -2.26. The standard InChI is InChI=1S/C14H25N3O/c1-3-12-8-13(17(2)16-12)9-15-10-14(11-18)6-4-5-7-14/h8,15,18H,3-7,9-11H2,1-2H3. The van der Waals surface area contributed by atoms with E-state index in [0.29, 0.717) is 6.61 Å². The van der Waals surface area contributed by atoms with Gasteiger partial charge in [0.25, 0.3) is 0 Å². The van der Waals surface area contributed by atoms with Gasteiger partial charge in [0.15, 0.2) is 0 Å². The van der Waals surface area contributed by atoms with Gasteiger partial charge in [-0.25, -0.2) is 0 Å². The quantitative estimate of drug-likeness (QED) is 0.808. The topological polar surface area (TPSA) is 50.1 Å². The Bertz CT molecular complexity index is 380. The Balaban J connectivity index is 1.85. The molecule has 102 valence electrons.